The minimum absolute atomic E-state index is 0.184. The molecule has 1 aliphatic rings. The Bertz CT molecular complexity index is 358. The molecule has 16 heavy (non-hydrogen) atoms. The SMILES string of the molecule is O=[N+]([O-])c1ccc(CNCCC2CCC2)o1. The molecule has 0 aromatic carbocycles. The summed E-state index contributed by atoms with van der Waals surface area (Å²) in [4.78, 5) is 9.86. The summed E-state index contributed by atoms with van der Waals surface area (Å²) in [6, 6.07) is 3.04. The van der Waals surface area contributed by atoms with E-state index in [4.69, 9.17) is 4.42 Å². The number of hydrogen-bond acceptors (Lipinski definition) is 4. The van der Waals surface area contributed by atoms with E-state index in [0.717, 1.165) is 12.5 Å². The summed E-state index contributed by atoms with van der Waals surface area (Å²) in [5, 5.41) is 13.6. The lowest BCUT2D eigenvalue weighted by molar-refractivity contribution is -0.402. The summed E-state index contributed by atoms with van der Waals surface area (Å²) in [6.45, 7) is 1.53. The maximum Gasteiger partial charge on any atom is 0.433 e. The van der Waals surface area contributed by atoms with Crippen molar-refractivity contribution >= 4 is 5.88 Å². The molecule has 1 aromatic heterocycles. The average Bonchev–Trinajstić information content (AvgIpc) is 2.63. The van der Waals surface area contributed by atoms with Crippen LogP contribution in [0.1, 0.15) is 31.4 Å². The molecule has 1 heterocycles. The molecule has 5 nitrogen and oxygen atoms in total. The highest BCUT2D eigenvalue weighted by atomic mass is 16.6. The summed E-state index contributed by atoms with van der Waals surface area (Å²) in [5.74, 6) is 1.33. The van der Waals surface area contributed by atoms with Crippen LogP contribution in [0.3, 0.4) is 0 Å². The van der Waals surface area contributed by atoms with Gasteiger partial charge in [0.05, 0.1) is 12.6 Å². The third-order valence-electron chi connectivity index (χ3n) is 3.08. The van der Waals surface area contributed by atoms with Gasteiger partial charge in [0.15, 0.2) is 0 Å². The van der Waals surface area contributed by atoms with E-state index in [1.807, 2.05) is 0 Å². The minimum atomic E-state index is -0.516. The largest absolute Gasteiger partial charge is 0.433 e. The summed E-state index contributed by atoms with van der Waals surface area (Å²) in [5.41, 5.74) is 0. The molecule has 0 saturated heterocycles. The smallest absolute Gasteiger partial charge is 0.404 e. The van der Waals surface area contributed by atoms with Gasteiger partial charge in [0.25, 0.3) is 0 Å². The van der Waals surface area contributed by atoms with Crippen LogP contribution in [0.4, 0.5) is 5.88 Å². The lowest BCUT2D eigenvalue weighted by Crippen LogP contribution is -2.20. The van der Waals surface area contributed by atoms with Crippen molar-refractivity contribution in [1.82, 2.24) is 5.32 Å². The fourth-order valence-electron chi connectivity index (χ4n) is 1.86. The topological polar surface area (TPSA) is 68.3 Å². The maximum absolute atomic E-state index is 10.4. The van der Waals surface area contributed by atoms with E-state index >= 15 is 0 Å². The number of rotatable bonds is 6. The summed E-state index contributed by atoms with van der Waals surface area (Å²) in [6.07, 6.45) is 5.28. The lowest BCUT2D eigenvalue weighted by Gasteiger charge is -2.25. The average molecular weight is 224 g/mol. The van der Waals surface area contributed by atoms with Crippen molar-refractivity contribution in [3.05, 3.63) is 28.0 Å². The number of nitrogens with zero attached hydrogens (tertiary/aromatic N) is 1. The molecule has 0 bridgehead atoms. The molecule has 1 aromatic rings. The van der Waals surface area contributed by atoms with Gasteiger partial charge in [-0.25, -0.2) is 0 Å². The molecule has 88 valence electrons. The van der Waals surface area contributed by atoms with Crippen LogP contribution in [0.2, 0.25) is 0 Å². The number of furan rings is 1. The monoisotopic (exact) mass is 224 g/mol. The Morgan fingerprint density at radius 1 is 1.50 bits per heavy atom. The van der Waals surface area contributed by atoms with Crippen LogP contribution < -0.4 is 5.32 Å². The van der Waals surface area contributed by atoms with Crippen molar-refractivity contribution in [2.24, 2.45) is 5.92 Å². The Balaban J connectivity index is 1.66. The van der Waals surface area contributed by atoms with Crippen molar-refractivity contribution in [1.29, 1.82) is 0 Å². The molecular formula is C11H16N2O3. The Morgan fingerprint density at radius 2 is 2.31 bits per heavy atom. The van der Waals surface area contributed by atoms with E-state index in [2.05, 4.69) is 5.32 Å². The molecule has 0 amide bonds. The molecule has 0 spiro atoms. The highest BCUT2D eigenvalue weighted by Crippen LogP contribution is 2.28. The summed E-state index contributed by atoms with van der Waals surface area (Å²) in [7, 11) is 0. The lowest BCUT2D eigenvalue weighted by atomic mass is 9.83. The molecule has 0 aliphatic heterocycles. The highest BCUT2D eigenvalue weighted by molar-refractivity contribution is 5.17. The summed E-state index contributed by atoms with van der Waals surface area (Å²) < 4.78 is 5.03. The van der Waals surface area contributed by atoms with Crippen molar-refractivity contribution in [3.8, 4) is 0 Å². The molecule has 1 aliphatic carbocycles. The van der Waals surface area contributed by atoms with Crippen LogP contribution >= 0.6 is 0 Å². The van der Waals surface area contributed by atoms with Crippen LogP contribution in [0.15, 0.2) is 16.5 Å². The minimum Gasteiger partial charge on any atom is -0.404 e. The third-order valence-corrected chi connectivity index (χ3v) is 3.08. The van der Waals surface area contributed by atoms with Gasteiger partial charge in [0, 0.05) is 0 Å². The molecule has 1 fully saturated rings. The van der Waals surface area contributed by atoms with Gasteiger partial charge in [0.2, 0.25) is 0 Å². The zero-order valence-electron chi connectivity index (χ0n) is 9.15. The van der Waals surface area contributed by atoms with E-state index in [0.29, 0.717) is 12.3 Å². The van der Waals surface area contributed by atoms with Crippen LogP contribution in [0.25, 0.3) is 0 Å². The fraction of sp³-hybridized carbons (Fsp3) is 0.636. The van der Waals surface area contributed by atoms with Crippen LogP contribution in [-0.2, 0) is 6.54 Å². The number of nitro groups is 1. The van der Waals surface area contributed by atoms with E-state index < -0.39 is 4.92 Å². The first kappa shape index (κ1) is 11.1. The molecule has 1 N–H and O–H groups in total. The summed E-state index contributed by atoms with van der Waals surface area (Å²) >= 11 is 0. The first-order chi connectivity index (χ1) is 7.75. The first-order valence-corrected chi connectivity index (χ1v) is 5.69. The standard InChI is InChI=1S/C11H16N2O3/c14-13(15)11-5-4-10(16-11)8-12-7-6-9-2-1-3-9/h4-5,9,12H,1-3,6-8H2. The molecule has 2 rings (SSSR count). The number of hydrogen-bond donors (Lipinski definition) is 1. The van der Waals surface area contributed by atoms with Gasteiger partial charge in [-0.1, -0.05) is 19.3 Å². The normalized spacial score (nSPS) is 16.0. The van der Waals surface area contributed by atoms with E-state index in [1.54, 1.807) is 6.07 Å². The second kappa shape index (κ2) is 5.12. The number of nitrogens with one attached hydrogen (secondary N) is 1. The molecule has 0 unspecified atom stereocenters. The van der Waals surface area contributed by atoms with Crippen LogP contribution in [-0.4, -0.2) is 11.5 Å². The third kappa shape index (κ3) is 2.82. The predicted octanol–water partition coefficient (Wildman–Crippen LogP) is 2.47. The van der Waals surface area contributed by atoms with Gasteiger partial charge in [0.1, 0.15) is 10.7 Å². The van der Waals surface area contributed by atoms with Gasteiger partial charge in [-0.05, 0) is 24.9 Å². The van der Waals surface area contributed by atoms with E-state index in [1.165, 1.54) is 31.7 Å². The van der Waals surface area contributed by atoms with Crippen molar-refractivity contribution in [3.63, 3.8) is 0 Å². The highest BCUT2D eigenvalue weighted by Gasteiger charge is 2.16. The van der Waals surface area contributed by atoms with E-state index in [9.17, 15) is 10.1 Å². The Morgan fingerprint density at radius 3 is 2.88 bits per heavy atom. The Labute approximate surface area is 94.0 Å². The molecule has 0 radical (unpaired) electrons. The van der Waals surface area contributed by atoms with Gasteiger partial charge in [-0.15, -0.1) is 0 Å². The van der Waals surface area contributed by atoms with Crippen molar-refractivity contribution < 1.29 is 9.34 Å². The van der Waals surface area contributed by atoms with Gasteiger partial charge in [-0.2, -0.15) is 0 Å². The second-order valence-electron chi connectivity index (χ2n) is 4.26. The van der Waals surface area contributed by atoms with Gasteiger partial charge in [-0.3, -0.25) is 10.1 Å². The van der Waals surface area contributed by atoms with Crippen molar-refractivity contribution in [2.45, 2.75) is 32.2 Å². The molecule has 5 heteroatoms. The molecular weight excluding hydrogens is 208 g/mol. The van der Waals surface area contributed by atoms with Gasteiger partial charge >= 0.3 is 5.88 Å². The van der Waals surface area contributed by atoms with Gasteiger partial charge < -0.3 is 9.73 Å². The second-order valence-corrected chi connectivity index (χ2v) is 4.26. The zero-order chi connectivity index (χ0) is 11.4. The Kier molecular flexibility index (Phi) is 3.56. The quantitative estimate of drug-likeness (QED) is 0.458. The molecule has 1 saturated carbocycles. The van der Waals surface area contributed by atoms with Crippen LogP contribution in [0.5, 0.6) is 0 Å². The fourth-order valence-corrected chi connectivity index (χ4v) is 1.86. The van der Waals surface area contributed by atoms with Crippen LogP contribution in [0, 0.1) is 16.0 Å². The predicted molar refractivity (Wildman–Crippen MR) is 59.0 cm³/mol. The van der Waals surface area contributed by atoms with E-state index in [-0.39, 0.29) is 5.88 Å². The first-order valence-electron chi connectivity index (χ1n) is 5.69. The maximum atomic E-state index is 10.4. The zero-order valence-corrected chi connectivity index (χ0v) is 9.15. The van der Waals surface area contributed by atoms with Crippen molar-refractivity contribution in [2.75, 3.05) is 6.54 Å². The Hall–Kier alpha value is -1.36. The molecule has 0 atom stereocenters.